The van der Waals surface area contributed by atoms with Gasteiger partial charge in [0.1, 0.15) is 12.2 Å². The number of Topliss-reactive ketones (excluding diaryl/α,β-unsaturated/α-hetero) is 2. The lowest BCUT2D eigenvalue weighted by molar-refractivity contribution is -0.135. The van der Waals surface area contributed by atoms with Gasteiger partial charge in [0.05, 0.1) is 30.6 Å². The number of carbonyl (C=O) groups is 3. The fourth-order valence-electron chi connectivity index (χ4n) is 7.36. The van der Waals surface area contributed by atoms with Gasteiger partial charge < -0.3 is 24.2 Å². The van der Waals surface area contributed by atoms with Gasteiger partial charge in [0.2, 0.25) is 0 Å². The van der Waals surface area contributed by atoms with Crippen LogP contribution in [0.5, 0.6) is 0 Å². The third-order valence-corrected chi connectivity index (χ3v) is 9.21. The summed E-state index contributed by atoms with van der Waals surface area (Å²) >= 11 is 0. The number of amides is 1. The van der Waals surface area contributed by atoms with Crippen LogP contribution in [0.2, 0.25) is 0 Å². The average molecular weight is 517 g/mol. The zero-order chi connectivity index (χ0) is 27.0. The number of ketones is 2. The monoisotopic (exact) mass is 516 g/mol. The Bertz CT molecular complexity index is 1060. The molecular weight excluding hydrogens is 476 g/mol. The number of carbonyl (C=O) groups excluding carboxylic acids is 2. The van der Waals surface area contributed by atoms with Crippen LogP contribution in [-0.2, 0) is 23.8 Å². The maximum Gasteiger partial charge on any atom is 0.408 e. The molecule has 5 aliphatic rings. The number of fused-ring (bicyclic) bond motifs is 5. The standard InChI is InChI=1S/C28H40N2O7/c1-14-17(27(2,3)4)11-18(31)22(24(14)32)30(26(33)34)23-21(29(6)7)15-10-19(36-13-15)16-8-9-35-20(16)12-28(5)25(23)37-28/h8-9,15-16,19-23,25H,10-13H2,1-7H3,(H,33,34). The Morgan fingerprint density at radius 3 is 2.49 bits per heavy atom. The van der Waals surface area contributed by atoms with Gasteiger partial charge in [0.25, 0.3) is 0 Å². The van der Waals surface area contributed by atoms with Crippen LogP contribution in [0, 0.1) is 17.3 Å². The summed E-state index contributed by atoms with van der Waals surface area (Å²) in [5.41, 5.74) is 0.259. The van der Waals surface area contributed by atoms with Crippen molar-refractivity contribution in [1.82, 2.24) is 9.80 Å². The largest absolute Gasteiger partial charge is 0.498 e. The summed E-state index contributed by atoms with van der Waals surface area (Å²) in [7, 11) is 3.84. The minimum atomic E-state index is -1.39. The molecule has 9 nitrogen and oxygen atoms in total. The average Bonchev–Trinajstić information content (AvgIpc) is 3.12. The van der Waals surface area contributed by atoms with E-state index in [1.165, 1.54) is 0 Å². The van der Waals surface area contributed by atoms with Crippen LogP contribution in [0.25, 0.3) is 0 Å². The van der Waals surface area contributed by atoms with Gasteiger partial charge in [-0.15, -0.1) is 0 Å². The Kier molecular flexibility index (Phi) is 6.36. The number of hydrogen-bond donors (Lipinski definition) is 1. The van der Waals surface area contributed by atoms with Gasteiger partial charge in [-0.25, -0.2) is 4.79 Å². The van der Waals surface area contributed by atoms with E-state index in [4.69, 9.17) is 14.2 Å². The van der Waals surface area contributed by atoms with E-state index < -0.39 is 35.7 Å². The normalized spacial score (nSPS) is 41.4. The van der Waals surface area contributed by atoms with Gasteiger partial charge in [0.15, 0.2) is 17.6 Å². The second kappa shape index (κ2) is 8.92. The molecule has 2 aliphatic carbocycles. The Morgan fingerprint density at radius 1 is 1.16 bits per heavy atom. The van der Waals surface area contributed by atoms with E-state index in [9.17, 15) is 19.5 Å². The molecule has 3 aliphatic heterocycles. The topological polar surface area (TPSA) is 109 Å². The summed E-state index contributed by atoms with van der Waals surface area (Å²) in [5, 5.41) is 10.6. The molecule has 9 heteroatoms. The maximum absolute atomic E-state index is 13.8. The van der Waals surface area contributed by atoms with Crippen molar-refractivity contribution in [2.24, 2.45) is 17.3 Å². The highest BCUT2D eigenvalue weighted by Gasteiger charge is 2.65. The molecule has 5 rings (SSSR count). The van der Waals surface area contributed by atoms with Gasteiger partial charge in [-0.1, -0.05) is 26.3 Å². The first-order valence-corrected chi connectivity index (χ1v) is 13.3. The Labute approximate surface area is 218 Å². The third-order valence-electron chi connectivity index (χ3n) is 9.21. The van der Waals surface area contributed by atoms with E-state index in [1.807, 2.05) is 46.7 Å². The summed E-state index contributed by atoms with van der Waals surface area (Å²) in [6, 6.07) is -2.41. The minimum absolute atomic E-state index is 0.00335. The second-order valence-electron chi connectivity index (χ2n) is 12.9. The summed E-state index contributed by atoms with van der Waals surface area (Å²) in [5.74, 6) is -0.677. The molecule has 3 fully saturated rings. The fraction of sp³-hybridized carbons (Fsp3) is 0.750. The zero-order valence-electron chi connectivity index (χ0n) is 22.9. The first kappa shape index (κ1) is 26.4. The molecule has 0 aromatic rings. The van der Waals surface area contributed by atoms with Crippen molar-refractivity contribution >= 4 is 17.7 Å². The third kappa shape index (κ3) is 4.33. The van der Waals surface area contributed by atoms with Crippen LogP contribution >= 0.6 is 0 Å². The van der Waals surface area contributed by atoms with Crippen LogP contribution in [0.3, 0.4) is 0 Å². The molecule has 9 unspecified atom stereocenters. The Morgan fingerprint density at radius 2 is 1.86 bits per heavy atom. The Hall–Kier alpha value is -2.23. The molecule has 1 amide bonds. The molecular formula is C28H40N2O7. The number of rotatable bonds is 3. The molecule has 0 aromatic carbocycles. The summed E-state index contributed by atoms with van der Waals surface area (Å²) in [4.78, 5) is 43.5. The van der Waals surface area contributed by atoms with Gasteiger partial charge in [-0.2, -0.15) is 0 Å². The van der Waals surface area contributed by atoms with Crippen LogP contribution in [0.15, 0.2) is 23.5 Å². The summed E-state index contributed by atoms with van der Waals surface area (Å²) < 4.78 is 18.5. The van der Waals surface area contributed by atoms with E-state index in [2.05, 4.69) is 6.08 Å². The number of ether oxygens (including phenoxy) is 3. The number of nitrogens with zero attached hydrogens (tertiary/aromatic N) is 2. The second-order valence-corrected chi connectivity index (χ2v) is 12.9. The van der Waals surface area contributed by atoms with Gasteiger partial charge in [-0.05, 0) is 51.4 Å². The number of allylic oxidation sites excluding steroid dienone is 1. The number of epoxide rings is 1. The zero-order valence-corrected chi connectivity index (χ0v) is 22.9. The van der Waals surface area contributed by atoms with Gasteiger partial charge in [0, 0.05) is 30.7 Å². The lowest BCUT2D eigenvalue weighted by atomic mass is 9.73. The maximum atomic E-state index is 13.8. The highest BCUT2D eigenvalue weighted by Crippen LogP contribution is 2.51. The molecule has 0 aromatic heterocycles. The van der Waals surface area contributed by atoms with Crippen LogP contribution in [-0.4, -0.2) is 95.3 Å². The molecule has 2 bridgehead atoms. The molecule has 0 spiro atoms. The van der Waals surface area contributed by atoms with Crippen LogP contribution in [0.1, 0.15) is 53.9 Å². The highest BCUT2D eigenvalue weighted by atomic mass is 16.6. The van der Waals surface area contributed by atoms with Crippen molar-refractivity contribution in [2.45, 2.75) is 95.9 Å². The van der Waals surface area contributed by atoms with Crippen LogP contribution < -0.4 is 0 Å². The molecule has 37 heavy (non-hydrogen) atoms. The molecule has 3 heterocycles. The van der Waals surface area contributed by atoms with Crippen molar-refractivity contribution in [1.29, 1.82) is 0 Å². The molecule has 1 saturated carbocycles. The predicted octanol–water partition coefficient (Wildman–Crippen LogP) is 3.03. The first-order valence-electron chi connectivity index (χ1n) is 13.3. The van der Waals surface area contributed by atoms with Crippen LogP contribution in [0.4, 0.5) is 4.79 Å². The quantitative estimate of drug-likeness (QED) is 0.450. The first-order chi connectivity index (χ1) is 17.2. The molecule has 0 radical (unpaired) electrons. The van der Waals surface area contributed by atoms with E-state index in [-0.39, 0.29) is 47.7 Å². The van der Waals surface area contributed by atoms with Gasteiger partial charge >= 0.3 is 6.09 Å². The van der Waals surface area contributed by atoms with E-state index in [1.54, 1.807) is 13.2 Å². The minimum Gasteiger partial charge on any atom is -0.498 e. The lowest BCUT2D eigenvalue weighted by Crippen LogP contribution is -2.65. The summed E-state index contributed by atoms with van der Waals surface area (Å²) in [6.45, 7) is 10.1. The summed E-state index contributed by atoms with van der Waals surface area (Å²) in [6.07, 6.45) is 3.26. The van der Waals surface area contributed by atoms with Gasteiger partial charge in [-0.3, -0.25) is 14.5 Å². The smallest absolute Gasteiger partial charge is 0.408 e. The molecule has 2 saturated heterocycles. The molecule has 9 atom stereocenters. The fourth-order valence-corrected chi connectivity index (χ4v) is 7.36. The Balaban J connectivity index is 1.59. The van der Waals surface area contributed by atoms with Crippen molar-refractivity contribution in [3.05, 3.63) is 23.5 Å². The molecule has 204 valence electrons. The number of carboxylic acid groups (broad SMARTS) is 1. The van der Waals surface area contributed by atoms with E-state index >= 15 is 0 Å². The van der Waals surface area contributed by atoms with Crippen molar-refractivity contribution in [2.75, 3.05) is 20.7 Å². The van der Waals surface area contributed by atoms with E-state index in [0.717, 1.165) is 16.9 Å². The number of likely N-dealkylation sites (N-methyl/N-ethyl adjacent to an activating group) is 1. The molecule has 1 N–H and O–H groups in total. The van der Waals surface area contributed by atoms with Crippen molar-refractivity contribution < 1.29 is 33.7 Å². The SMILES string of the molecule is CC1=C(C(C)(C)C)CC(=O)C(N(C(=O)O)C2C(N(C)C)C3COC(C3)C3C=COC3CC3(C)OC23)C1=O. The van der Waals surface area contributed by atoms with Crippen molar-refractivity contribution in [3.63, 3.8) is 0 Å². The number of hydrogen-bond acceptors (Lipinski definition) is 7. The predicted molar refractivity (Wildman–Crippen MR) is 135 cm³/mol. The van der Waals surface area contributed by atoms with E-state index in [0.29, 0.717) is 18.6 Å². The van der Waals surface area contributed by atoms with Crippen molar-refractivity contribution in [3.8, 4) is 0 Å². The lowest BCUT2D eigenvalue weighted by Gasteiger charge is -2.45. The highest BCUT2D eigenvalue weighted by molar-refractivity contribution is 6.18.